The van der Waals surface area contributed by atoms with Gasteiger partial charge in [-0.25, -0.2) is 4.98 Å². The van der Waals surface area contributed by atoms with E-state index in [1.165, 1.54) is 34.2 Å². The summed E-state index contributed by atoms with van der Waals surface area (Å²) in [6.07, 6.45) is 7.55. The average Bonchev–Trinajstić information content (AvgIpc) is 3.17. The molecule has 0 bridgehead atoms. The van der Waals surface area contributed by atoms with E-state index >= 15 is 0 Å². The maximum Gasteiger partial charge on any atom is 0.260 e. The second-order valence-electron chi connectivity index (χ2n) is 8.56. The second kappa shape index (κ2) is 9.17. The Morgan fingerprint density at radius 3 is 2.74 bits per heavy atom. The molecule has 1 amide bonds. The van der Waals surface area contributed by atoms with Crippen molar-refractivity contribution in [1.82, 2.24) is 14.9 Å². The number of carbonyl (C=O) groups is 1. The molecule has 2 aliphatic rings. The number of aromatic nitrogens is 2. The first kappa shape index (κ1) is 20.8. The summed E-state index contributed by atoms with van der Waals surface area (Å²) in [5.74, 6) is 1.10. The highest BCUT2D eigenvalue weighted by molar-refractivity contribution is 7.99. The van der Waals surface area contributed by atoms with E-state index in [0.29, 0.717) is 16.8 Å². The van der Waals surface area contributed by atoms with Crippen LogP contribution in [0.25, 0.3) is 10.2 Å². The smallest absolute Gasteiger partial charge is 0.260 e. The fourth-order valence-electron chi connectivity index (χ4n) is 4.77. The van der Waals surface area contributed by atoms with Crippen LogP contribution >= 0.6 is 23.1 Å². The monoisotopic (exact) mass is 453 g/mol. The number of carbonyl (C=O) groups excluding carboxylic acids is 1. The summed E-state index contributed by atoms with van der Waals surface area (Å²) in [4.78, 5) is 37.1. The number of amides is 1. The number of hydrogen-bond acceptors (Lipinski definition) is 5. The molecule has 0 radical (unpaired) electrons. The topological polar surface area (TPSA) is 66.1 Å². The van der Waals surface area contributed by atoms with Gasteiger partial charge in [0, 0.05) is 18.0 Å². The molecule has 1 aromatic carbocycles. The number of thioether (sulfide) groups is 1. The fourth-order valence-corrected chi connectivity index (χ4v) is 6.85. The molecular formula is C24H27N3O2S2. The van der Waals surface area contributed by atoms with Gasteiger partial charge in [0.1, 0.15) is 4.83 Å². The Morgan fingerprint density at radius 1 is 1.16 bits per heavy atom. The molecule has 1 fully saturated rings. The van der Waals surface area contributed by atoms with Gasteiger partial charge in [-0.3, -0.25) is 9.59 Å². The van der Waals surface area contributed by atoms with Gasteiger partial charge in [-0.15, -0.1) is 11.3 Å². The number of nitrogens with zero attached hydrogens (tertiary/aromatic N) is 2. The van der Waals surface area contributed by atoms with Gasteiger partial charge in [0.25, 0.3) is 5.56 Å². The maximum atomic E-state index is 12.7. The van der Waals surface area contributed by atoms with Crippen LogP contribution in [0.3, 0.4) is 0 Å². The van der Waals surface area contributed by atoms with Crippen LogP contribution in [-0.4, -0.2) is 39.6 Å². The van der Waals surface area contributed by atoms with E-state index in [9.17, 15) is 9.59 Å². The van der Waals surface area contributed by atoms with Crippen molar-refractivity contribution < 1.29 is 4.79 Å². The summed E-state index contributed by atoms with van der Waals surface area (Å²) < 4.78 is 0. The van der Waals surface area contributed by atoms with Crippen molar-refractivity contribution in [1.29, 1.82) is 0 Å². The predicted octanol–water partition coefficient (Wildman–Crippen LogP) is 4.44. The van der Waals surface area contributed by atoms with Crippen LogP contribution < -0.4 is 5.56 Å². The zero-order valence-corrected chi connectivity index (χ0v) is 19.2. The van der Waals surface area contributed by atoms with Gasteiger partial charge in [0.15, 0.2) is 5.16 Å². The van der Waals surface area contributed by atoms with E-state index < -0.39 is 0 Å². The number of aryl methyl sites for hydroxylation is 2. The van der Waals surface area contributed by atoms with E-state index in [4.69, 9.17) is 0 Å². The van der Waals surface area contributed by atoms with Crippen molar-refractivity contribution in [2.24, 2.45) is 5.92 Å². The second-order valence-corrected chi connectivity index (χ2v) is 10.6. The molecular weight excluding hydrogens is 426 g/mol. The quantitative estimate of drug-likeness (QED) is 0.458. The zero-order chi connectivity index (χ0) is 21.2. The molecule has 1 saturated heterocycles. The van der Waals surface area contributed by atoms with Crippen molar-refractivity contribution in [3.05, 3.63) is 56.7 Å². The normalized spacial score (nSPS) is 17.1. The summed E-state index contributed by atoms with van der Waals surface area (Å²) in [5.41, 5.74) is 2.52. The molecule has 7 heteroatoms. The Hall–Kier alpha value is -2.12. The Balaban J connectivity index is 1.17. The van der Waals surface area contributed by atoms with E-state index in [1.807, 2.05) is 4.90 Å². The third kappa shape index (κ3) is 4.58. The summed E-state index contributed by atoms with van der Waals surface area (Å²) in [7, 11) is 0. The number of likely N-dealkylation sites (tertiary alicyclic amines) is 1. The van der Waals surface area contributed by atoms with Crippen LogP contribution in [0, 0.1) is 5.92 Å². The first-order chi connectivity index (χ1) is 15.2. The highest BCUT2D eigenvalue weighted by Crippen LogP contribution is 2.34. The Labute approximate surface area is 190 Å². The Kier molecular flexibility index (Phi) is 6.14. The van der Waals surface area contributed by atoms with Gasteiger partial charge >= 0.3 is 0 Å². The van der Waals surface area contributed by atoms with Gasteiger partial charge in [-0.05, 0) is 62.0 Å². The molecule has 0 atom stereocenters. The lowest BCUT2D eigenvalue weighted by molar-refractivity contribution is -0.129. The van der Waals surface area contributed by atoms with E-state index in [2.05, 4.69) is 40.3 Å². The number of nitrogens with one attached hydrogen (secondary N) is 1. The molecule has 5 rings (SSSR count). The molecule has 3 heterocycles. The first-order valence-electron chi connectivity index (χ1n) is 11.2. The van der Waals surface area contributed by atoms with Crippen molar-refractivity contribution >= 4 is 39.2 Å². The third-order valence-electron chi connectivity index (χ3n) is 6.47. The number of fused-ring (bicyclic) bond motifs is 3. The lowest BCUT2D eigenvalue weighted by Gasteiger charge is -2.32. The number of aromatic amines is 1. The minimum Gasteiger partial charge on any atom is -0.342 e. The summed E-state index contributed by atoms with van der Waals surface area (Å²) >= 11 is 3.00. The lowest BCUT2D eigenvalue weighted by atomic mass is 9.90. The molecule has 1 N–H and O–H groups in total. The Bertz CT molecular complexity index is 1130. The minimum absolute atomic E-state index is 0.0546. The van der Waals surface area contributed by atoms with Crippen molar-refractivity contribution in [3.8, 4) is 0 Å². The molecule has 2 aromatic heterocycles. The molecule has 31 heavy (non-hydrogen) atoms. The Morgan fingerprint density at radius 2 is 1.94 bits per heavy atom. The highest BCUT2D eigenvalue weighted by Gasteiger charge is 2.24. The SMILES string of the molecule is O=C(CSc1nc2sc3c(c2c(=O)[nH]1)CCCC3)N1CCC(Cc2ccccc2)CC1. The number of hydrogen-bond donors (Lipinski definition) is 1. The van der Waals surface area contributed by atoms with Crippen molar-refractivity contribution in [3.63, 3.8) is 0 Å². The highest BCUT2D eigenvalue weighted by atomic mass is 32.2. The van der Waals surface area contributed by atoms with Gasteiger partial charge in [0.2, 0.25) is 5.91 Å². The van der Waals surface area contributed by atoms with Crippen molar-refractivity contribution in [2.75, 3.05) is 18.8 Å². The number of benzene rings is 1. The van der Waals surface area contributed by atoms with Crippen molar-refractivity contribution in [2.45, 2.75) is 50.1 Å². The zero-order valence-electron chi connectivity index (χ0n) is 17.6. The van der Waals surface area contributed by atoms with Gasteiger partial charge in [-0.2, -0.15) is 0 Å². The average molecular weight is 454 g/mol. The van der Waals surface area contributed by atoms with E-state index in [0.717, 1.165) is 61.8 Å². The third-order valence-corrected chi connectivity index (χ3v) is 8.51. The minimum atomic E-state index is -0.0546. The van der Waals surface area contributed by atoms with Gasteiger partial charge in [0.05, 0.1) is 11.1 Å². The molecule has 5 nitrogen and oxygen atoms in total. The van der Waals surface area contributed by atoms with Crippen LogP contribution in [-0.2, 0) is 24.1 Å². The van der Waals surface area contributed by atoms with Crippen LogP contribution in [0.1, 0.15) is 41.7 Å². The molecule has 1 aliphatic heterocycles. The van der Waals surface area contributed by atoms with Crippen LogP contribution in [0.2, 0.25) is 0 Å². The lowest BCUT2D eigenvalue weighted by Crippen LogP contribution is -2.39. The molecule has 0 saturated carbocycles. The fraction of sp³-hybridized carbons (Fsp3) is 0.458. The summed E-state index contributed by atoms with van der Waals surface area (Å²) in [6, 6.07) is 10.6. The number of piperidine rings is 1. The molecule has 0 unspecified atom stereocenters. The number of thiophene rings is 1. The maximum absolute atomic E-state index is 12.7. The van der Waals surface area contributed by atoms with Crippen LogP contribution in [0.15, 0.2) is 40.3 Å². The standard InChI is InChI=1S/C24H27N3O2S2/c28-20(27-12-10-17(11-13-27)14-16-6-2-1-3-7-16)15-30-24-25-22(29)21-18-8-4-5-9-19(18)31-23(21)26-24/h1-3,6-7,17H,4-5,8-15H2,(H,25,26,29). The van der Waals surface area contributed by atoms with Crippen LogP contribution in [0.4, 0.5) is 0 Å². The first-order valence-corrected chi connectivity index (χ1v) is 13.0. The summed E-state index contributed by atoms with van der Waals surface area (Å²) in [5, 5.41) is 1.33. The number of rotatable bonds is 5. The predicted molar refractivity (Wildman–Crippen MR) is 127 cm³/mol. The molecule has 1 aliphatic carbocycles. The summed E-state index contributed by atoms with van der Waals surface area (Å²) in [6.45, 7) is 1.63. The van der Waals surface area contributed by atoms with Gasteiger partial charge < -0.3 is 9.88 Å². The molecule has 3 aromatic rings. The van der Waals surface area contributed by atoms with Crippen LogP contribution in [0.5, 0.6) is 0 Å². The van der Waals surface area contributed by atoms with E-state index in [-0.39, 0.29) is 11.5 Å². The molecule has 0 spiro atoms. The van der Waals surface area contributed by atoms with E-state index in [1.54, 1.807) is 11.3 Å². The van der Waals surface area contributed by atoms with Gasteiger partial charge in [-0.1, -0.05) is 42.1 Å². The largest absolute Gasteiger partial charge is 0.342 e. The number of H-pyrrole nitrogens is 1. The molecule has 162 valence electrons.